The van der Waals surface area contributed by atoms with E-state index in [2.05, 4.69) is 4.98 Å². The quantitative estimate of drug-likeness (QED) is 0.528. The van der Waals surface area contributed by atoms with E-state index in [-0.39, 0.29) is 17.6 Å². The van der Waals surface area contributed by atoms with Gasteiger partial charge in [-0.2, -0.15) is 0 Å². The third kappa shape index (κ3) is 2.53. The first kappa shape index (κ1) is 14.8. The third-order valence-electron chi connectivity index (χ3n) is 3.88. The fourth-order valence-corrected chi connectivity index (χ4v) is 3.55. The highest BCUT2D eigenvalue weighted by atomic mass is 32.1. The summed E-state index contributed by atoms with van der Waals surface area (Å²) in [5.41, 5.74) is 2.50. The number of benzene rings is 2. The maximum Gasteiger partial charge on any atom is 0.196 e. The van der Waals surface area contributed by atoms with Gasteiger partial charge in [-0.1, -0.05) is 23.8 Å². The lowest BCUT2D eigenvalue weighted by Crippen LogP contribution is -2.14. The number of rotatable bonds is 3. The van der Waals surface area contributed by atoms with Crippen molar-refractivity contribution in [1.29, 1.82) is 0 Å². The molecule has 0 N–H and O–H groups in total. The van der Waals surface area contributed by atoms with Crippen LogP contribution < -0.4 is 5.43 Å². The highest BCUT2D eigenvalue weighted by molar-refractivity contribution is 7.20. The van der Waals surface area contributed by atoms with E-state index in [1.807, 2.05) is 37.3 Å². The number of aryl methyl sites for hydroxylation is 1. The summed E-state index contributed by atoms with van der Waals surface area (Å²) < 4.78 is 6.47. The van der Waals surface area contributed by atoms with Gasteiger partial charge in [0.2, 0.25) is 0 Å². The highest BCUT2D eigenvalue weighted by Gasteiger charge is 2.16. The van der Waals surface area contributed by atoms with Gasteiger partial charge in [-0.25, -0.2) is 4.98 Å². The molecule has 0 bridgehead atoms. The molecule has 0 radical (unpaired) electrons. The summed E-state index contributed by atoms with van der Waals surface area (Å²) in [5.74, 6) is -0.171. The van der Waals surface area contributed by atoms with Gasteiger partial charge < -0.3 is 4.42 Å². The van der Waals surface area contributed by atoms with Crippen LogP contribution in [0.4, 0.5) is 0 Å². The molecule has 0 spiro atoms. The molecule has 5 heteroatoms. The van der Waals surface area contributed by atoms with Crippen LogP contribution >= 0.6 is 11.3 Å². The van der Waals surface area contributed by atoms with E-state index in [4.69, 9.17) is 4.42 Å². The summed E-state index contributed by atoms with van der Waals surface area (Å²) in [4.78, 5) is 29.4. The Morgan fingerprint density at radius 2 is 2.04 bits per heavy atom. The molecule has 118 valence electrons. The Bertz CT molecular complexity index is 1110. The van der Waals surface area contributed by atoms with E-state index in [1.54, 1.807) is 12.1 Å². The van der Waals surface area contributed by atoms with E-state index in [0.29, 0.717) is 21.5 Å². The molecule has 0 fully saturated rings. The average Bonchev–Trinajstić information content (AvgIpc) is 3.02. The maximum absolute atomic E-state index is 12.6. The standard InChI is InChI=1S/C19H13NO3S/c1-11-6-7-16-13(8-11)18(22)12(10-23-16)9-15(21)19-20-14-4-2-3-5-17(14)24-19/h2-8,10H,9H2,1H3. The molecule has 0 aliphatic heterocycles. The normalized spacial score (nSPS) is 11.2. The lowest BCUT2D eigenvalue weighted by atomic mass is 10.1. The number of aromatic nitrogens is 1. The van der Waals surface area contributed by atoms with E-state index in [1.165, 1.54) is 17.6 Å². The van der Waals surface area contributed by atoms with Crippen LogP contribution in [0.5, 0.6) is 0 Å². The van der Waals surface area contributed by atoms with E-state index >= 15 is 0 Å². The molecule has 0 aliphatic carbocycles. The topological polar surface area (TPSA) is 60.2 Å². The van der Waals surface area contributed by atoms with Crippen LogP contribution in [0.25, 0.3) is 21.2 Å². The summed E-state index contributed by atoms with van der Waals surface area (Å²) in [6.07, 6.45) is 1.37. The number of ketones is 1. The molecule has 24 heavy (non-hydrogen) atoms. The minimum absolute atomic E-state index is 0.00790. The number of hydrogen-bond acceptors (Lipinski definition) is 5. The van der Waals surface area contributed by atoms with Gasteiger partial charge in [-0.3, -0.25) is 9.59 Å². The first-order chi connectivity index (χ1) is 11.6. The van der Waals surface area contributed by atoms with E-state index in [9.17, 15) is 9.59 Å². The zero-order chi connectivity index (χ0) is 16.7. The molecule has 4 aromatic rings. The number of nitrogens with zero attached hydrogens (tertiary/aromatic N) is 1. The fraction of sp³-hybridized carbons (Fsp3) is 0.105. The monoisotopic (exact) mass is 335 g/mol. The summed E-state index contributed by atoms with van der Waals surface area (Å²) >= 11 is 1.34. The minimum atomic E-state index is -0.171. The molecule has 0 unspecified atom stereocenters. The molecular weight excluding hydrogens is 322 g/mol. The molecule has 2 aromatic carbocycles. The van der Waals surface area contributed by atoms with Gasteiger partial charge in [-0.05, 0) is 31.2 Å². The van der Waals surface area contributed by atoms with Crippen molar-refractivity contribution in [2.75, 3.05) is 0 Å². The largest absolute Gasteiger partial charge is 0.464 e. The summed E-state index contributed by atoms with van der Waals surface area (Å²) in [6.45, 7) is 1.91. The van der Waals surface area contributed by atoms with Crippen molar-refractivity contribution in [3.05, 3.63) is 75.1 Å². The van der Waals surface area contributed by atoms with Crippen molar-refractivity contribution in [2.24, 2.45) is 0 Å². The Labute approximate surface area is 141 Å². The first-order valence-electron chi connectivity index (χ1n) is 7.51. The second kappa shape index (κ2) is 5.69. The second-order valence-electron chi connectivity index (χ2n) is 5.68. The number of Topliss-reactive ketones (excluding diaryl/α,β-unsaturated/α-hetero) is 1. The summed E-state index contributed by atoms with van der Waals surface area (Å²) in [7, 11) is 0. The van der Waals surface area contributed by atoms with Gasteiger partial charge in [0, 0.05) is 12.0 Å². The molecular formula is C19H13NO3S. The van der Waals surface area contributed by atoms with E-state index < -0.39 is 0 Å². The van der Waals surface area contributed by atoms with Crippen LogP contribution in [-0.4, -0.2) is 10.8 Å². The number of fused-ring (bicyclic) bond motifs is 2. The van der Waals surface area contributed by atoms with Crippen molar-refractivity contribution < 1.29 is 9.21 Å². The fourth-order valence-electron chi connectivity index (χ4n) is 2.65. The summed E-state index contributed by atoms with van der Waals surface area (Å²) in [5, 5.41) is 0.921. The Kier molecular flexibility index (Phi) is 3.50. The van der Waals surface area contributed by atoms with E-state index in [0.717, 1.165) is 15.8 Å². The number of thiazole rings is 1. The van der Waals surface area contributed by atoms with Gasteiger partial charge >= 0.3 is 0 Å². The molecule has 4 nitrogen and oxygen atoms in total. The molecule has 2 heterocycles. The van der Waals surface area contributed by atoms with Crippen LogP contribution in [0, 0.1) is 6.92 Å². The van der Waals surface area contributed by atoms with Crippen LogP contribution in [0.15, 0.2) is 57.9 Å². The number of para-hydroxylation sites is 1. The predicted octanol–water partition coefficient (Wildman–Crippen LogP) is 4.14. The summed E-state index contributed by atoms with van der Waals surface area (Å²) in [6, 6.07) is 13.0. The Balaban J connectivity index is 1.72. The van der Waals surface area contributed by atoms with Crippen LogP contribution in [-0.2, 0) is 6.42 Å². The molecule has 0 amide bonds. The molecule has 4 rings (SSSR count). The number of carbonyl (C=O) groups excluding carboxylic acids is 1. The number of carbonyl (C=O) groups is 1. The molecule has 0 atom stereocenters. The lowest BCUT2D eigenvalue weighted by Gasteiger charge is -2.02. The van der Waals surface area contributed by atoms with Gasteiger partial charge in [0.25, 0.3) is 0 Å². The predicted molar refractivity (Wildman–Crippen MR) is 94.9 cm³/mol. The van der Waals surface area contributed by atoms with Crippen molar-refractivity contribution >= 4 is 38.3 Å². The zero-order valence-corrected chi connectivity index (χ0v) is 13.7. The maximum atomic E-state index is 12.6. The Hall–Kier alpha value is -2.79. The van der Waals surface area contributed by atoms with Gasteiger partial charge in [-0.15, -0.1) is 11.3 Å². The number of hydrogen-bond donors (Lipinski definition) is 0. The molecule has 0 saturated heterocycles. The lowest BCUT2D eigenvalue weighted by molar-refractivity contribution is 0.0992. The van der Waals surface area contributed by atoms with Crippen LogP contribution in [0.1, 0.15) is 20.9 Å². The first-order valence-corrected chi connectivity index (χ1v) is 8.33. The SMILES string of the molecule is Cc1ccc2occ(CC(=O)c3nc4ccccc4s3)c(=O)c2c1. The van der Waals surface area contributed by atoms with Gasteiger partial charge in [0.15, 0.2) is 16.2 Å². The third-order valence-corrected chi connectivity index (χ3v) is 4.96. The molecule has 0 saturated carbocycles. The Morgan fingerprint density at radius 3 is 2.88 bits per heavy atom. The van der Waals surface area contributed by atoms with Gasteiger partial charge in [0.05, 0.1) is 21.9 Å². The van der Waals surface area contributed by atoms with Crippen LogP contribution in [0.3, 0.4) is 0 Å². The minimum Gasteiger partial charge on any atom is -0.464 e. The average molecular weight is 335 g/mol. The molecule has 0 aliphatic rings. The van der Waals surface area contributed by atoms with Crippen molar-refractivity contribution in [3.63, 3.8) is 0 Å². The highest BCUT2D eigenvalue weighted by Crippen LogP contribution is 2.23. The van der Waals surface area contributed by atoms with Gasteiger partial charge in [0.1, 0.15) is 5.58 Å². The van der Waals surface area contributed by atoms with Crippen molar-refractivity contribution in [1.82, 2.24) is 4.98 Å². The van der Waals surface area contributed by atoms with Crippen molar-refractivity contribution in [3.8, 4) is 0 Å². The Morgan fingerprint density at radius 1 is 1.21 bits per heavy atom. The second-order valence-corrected chi connectivity index (χ2v) is 6.71. The van der Waals surface area contributed by atoms with Crippen molar-refractivity contribution in [2.45, 2.75) is 13.3 Å². The smallest absolute Gasteiger partial charge is 0.196 e. The molecule has 2 aromatic heterocycles. The zero-order valence-electron chi connectivity index (χ0n) is 12.9. The van der Waals surface area contributed by atoms with Crippen LogP contribution in [0.2, 0.25) is 0 Å².